The average Bonchev–Trinajstić information content (AvgIpc) is 2.67. The molecule has 7 heteroatoms. The molecule has 1 aliphatic heterocycles. The Morgan fingerprint density at radius 2 is 1.63 bits per heavy atom. The zero-order valence-electron chi connectivity index (χ0n) is 15.4. The van der Waals surface area contributed by atoms with Gasteiger partial charge in [0.25, 0.3) is 5.91 Å². The van der Waals surface area contributed by atoms with Crippen LogP contribution in [0.5, 0.6) is 0 Å². The molecular weight excluding hydrogens is 428 g/mol. The number of piperazine rings is 1. The van der Waals surface area contributed by atoms with Gasteiger partial charge in [0.15, 0.2) is 0 Å². The molecule has 0 atom stereocenters. The fraction of sp³-hybridized carbons (Fsp3) is 0.350. The lowest BCUT2D eigenvalue weighted by atomic mass is 10.0. The van der Waals surface area contributed by atoms with Crippen molar-refractivity contribution in [3.8, 4) is 0 Å². The summed E-state index contributed by atoms with van der Waals surface area (Å²) < 4.78 is 27.7. The molecule has 144 valence electrons. The van der Waals surface area contributed by atoms with Crippen molar-refractivity contribution < 1.29 is 13.2 Å². The first-order chi connectivity index (χ1) is 12.8. The molecule has 3 rings (SSSR count). The van der Waals surface area contributed by atoms with Crippen molar-refractivity contribution >= 4 is 31.9 Å². The van der Waals surface area contributed by atoms with E-state index in [1.807, 2.05) is 24.3 Å². The Morgan fingerprint density at radius 1 is 1.00 bits per heavy atom. The number of hydrogen-bond donors (Lipinski definition) is 0. The Bertz CT molecular complexity index is 918. The van der Waals surface area contributed by atoms with Gasteiger partial charge < -0.3 is 4.90 Å². The zero-order chi connectivity index (χ0) is 19.6. The summed E-state index contributed by atoms with van der Waals surface area (Å²) in [5.41, 5.74) is 1.83. The quantitative estimate of drug-likeness (QED) is 0.712. The molecule has 5 nitrogen and oxygen atoms in total. The van der Waals surface area contributed by atoms with E-state index >= 15 is 0 Å². The molecule has 2 aromatic rings. The molecule has 0 saturated carbocycles. The number of amides is 1. The van der Waals surface area contributed by atoms with E-state index in [1.54, 1.807) is 29.2 Å². The van der Waals surface area contributed by atoms with Gasteiger partial charge in [-0.3, -0.25) is 4.79 Å². The van der Waals surface area contributed by atoms with Crippen LogP contribution in [0.25, 0.3) is 0 Å². The summed E-state index contributed by atoms with van der Waals surface area (Å²) in [4.78, 5) is 14.7. The maximum absolute atomic E-state index is 12.8. The fourth-order valence-corrected chi connectivity index (χ4v) is 5.12. The molecule has 2 aromatic carbocycles. The van der Waals surface area contributed by atoms with Gasteiger partial charge in [-0.15, -0.1) is 0 Å². The van der Waals surface area contributed by atoms with E-state index in [0.717, 1.165) is 4.47 Å². The third-order valence-corrected chi connectivity index (χ3v) is 7.17. The van der Waals surface area contributed by atoms with Crippen molar-refractivity contribution in [3.05, 3.63) is 64.1 Å². The standard InChI is InChI=1S/C20H23BrN2O3S/c1-15(2)16-6-8-17(9-7-16)20(24)22-10-12-23(13-11-22)27(25,26)19-5-3-4-18(21)14-19/h3-9,14-15H,10-13H2,1-2H3. The second-order valence-electron chi connectivity index (χ2n) is 6.93. The van der Waals surface area contributed by atoms with Gasteiger partial charge in [0, 0.05) is 36.2 Å². The van der Waals surface area contributed by atoms with Crippen molar-refractivity contribution in [1.29, 1.82) is 0 Å². The van der Waals surface area contributed by atoms with Crippen LogP contribution in [-0.2, 0) is 10.0 Å². The minimum Gasteiger partial charge on any atom is -0.336 e. The Kier molecular flexibility index (Phi) is 6.03. The highest BCUT2D eigenvalue weighted by Gasteiger charge is 2.30. The van der Waals surface area contributed by atoms with E-state index in [1.165, 1.54) is 9.87 Å². The summed E-state index contributed by atoms with van der Waals surface area (Å²) in [5, 5.41) is 0. The van der Waals surface area contributed by atoms with Crippen LogP contribution in [0.4, 0.5) is 0 Å². The Morgan fingerprint density at radius 3 is 2.19 bits per heavy atom. The van der Waals surface area contributed by atoms with E-state index in [-0.39, 0.29) is 10.8 Å². The third-order valence-electron chi connectivity index (χ3n) is 4.78. The topological polar surface area (TPSA) is 57.7 Å². The molecule has 0 bridgehead atoms. The number of sulfonamides is 1. The normalized spacial score (nSPS) is 15.9. The summed E-state index contributed by atoms with van der Waals surface area (Å²) >= 11 is 3.31. The van der Waals surface area contributed by atoms with Gasteiger partial charge in [-0.2, -0.15) is 4.31 Å². The number of nitrogens with zero attached hydrogens (tertiary/aromatic N) is 2. The van der Waals surface area contributed by atoms with Gasteiger partial charge in [0.2, 0.25) is 10.0 Å². The summed E-state index contributed by atoms with van der Waals surface area (Å²) in [6.07, 6.45) is 0. The number of hydrogen-bond acceptors (Lipinski definition) is 3. The lowest BCUT2D eigenvalue weighted by Gasteiger charge is -2.34. The second-order valence-corrected chi connectivity index (χ2v) is 9.78. The van der Waals surface area contributed by atoms with E-state index in [9.17, 15) is 13.2 Å². The average molecular weight is 451 g/mol. The Labute approximate surface area is 169 Å². The van der Waals surface area contributed by atoms with Crippen LogP contribution in [0, 0.1) is 0 Å². The van der Waals surface area contributed by atoms with Crippen molar-refractivity contribution in [2.45, 2.75) is 24.7 Å². The summed E-state index contributed by atoms with van der Waals surface area (Å²) in [5.74, 6) is 0.366. The van der Waals surface area contributed by atoms with Crippen LogP contribution < -0.4 is 0 Å². The molecule has 0 spiro atoms. The summed E-state index contributed by atoms with van der Waals surface area (Å²) in [6, 6.07) is 14.3. The van der Waals surface area contributed by atoms with Crippen molar-refractivity contribution in [1.82, 2.24) is 9.21 Å². The first-order valence-electron chi connectivity index (χ1n) is 8.94. The Hall–Kier alpha value is -1.70. The third kappa shape index (κ3) is 4.42. The minimum absolute atomic E-state index is 0.0511. The van der Waals surface area contributed by atoms with Crippen LogP contribution in [0.2, 0.25) is 0 Å². The highest BCUT2D eigenvalue weighted by molar-refractivity contribution is 9.10. The number of benzene rings is 2. The van der Waals surface area contributed by atoms with Crippen molar-refractivity contribution in [3.63, 3.8) is 0 Å². The predicted molar refractivity (Wildman–Crippen MR) is 109 cm³/mol. The molecule has 0 radical (unpaired) electrons. The highest BCUT2D eigenvalue weighted by atomic mass is 79.9. The van der Waals surface area contributed by atoms with Gasteiger partial charge >= 0.3 is 0 Å². The molecule has 0 aromatic heterocycles. The zero-order valence-corrected chi connectivity index (χ0v) is 17.8. The van der Waals surface area contributed by atoms with E-state index in [2.05, 4.69) is 29.8 Å². The number of carbonyl (C=O) groups excluding carboxylic acids is 1. The van der Waals surface area contributed by atoms with E-state index in [4.69, 9.17) is 0 Å². The number of carbonyl (C=O) groups is 1. The lowest BCUT2D eigenvalue weighted by Crippen LogP contribution is -2.50. The maximum atomic E-state index is 12.8. The summed E-state index contributed by atoms with van der Waals surface area (Å²) in [7, 11) is -3.55. The van der Waals surface area contributed by atoms with Crippen LogP contribution in [-0.4, -0.2) is 49.7 Å². The van der Waals surface area contributed by atoms with Gasteiger partial charge in [0.05, 0.1) is 4.90 Å². The molecule has 1 heterocycles. The molecule has 1 aliphatic rings. The van der Waals surface area contributed by atoms with Gasteiger partial charge in [-0.25, -0.2) is 8.42 Å². The fourth-order valence-electron chi connectivity index (χ4n) is 3.10. The number of rotatable bonds is 4. The Balaban J connectivity index is 1.67. The molecule has 0 unspecified atom stereocenters. The first-order valence-corrected chi connectivity index (χ1v) is 11.2. The SMILES string of the molecule is CC(C)c1ccc(C(=O)N2CCN(S(=O)(=O)c3cccc(Br)c3)CC2)cc1. The van der Waals surface area contributed by atoms with E-state index < -0.39 is 10.0 Å². The monoisotopic (exact) mass is 450 g/mol. The second kappa shape index (κ2) is 8.12. The molecule has 0 aliphatic carbocycles. The summed E-state index contributed by atoms with van der Waals surface area (Å²) in [6.45, 7) is 5.59. The first kappa shape index (κ1) is 20.0. The predicted octanol–water partition coefficient (Wildman–Crippen LogP) is 3.72. The smallest absolute Gasteiger partial charge is 0.253 e. The largest absolute Gasteiger partial charge is 0.336 e. The van der Waals surface area contributed by atoms with Crippen LogP contribution in [0.15, 0.2) is 57.9 Å². The van der Waals surface area contributed by atoms with Crippen LogP contribution in [0.1, 0.15) is 35.7 Å². The maximum Gasteiger partial charge on any atom is 0.253 e. The molecular formula is C20H23BrN2O3S. The molecule has 27 heavy (non-hydrogen) atoms. The van der Waals surface area contributed by atoms with Gasteiger partial charge in [-0.1, -0.05) is 48.0 Å². The van der Waals surface area contributed by atoms with Crippen molar-refractivity contribution in [2.75, 3.05) is 26.2 Å². The molecule has 1 saturated heterocycles. The number of halogens is 1. The van der Waals surface area contributed by atoms with Crippen LogP contribution >= 0.6 is 15.9 Å². The van der Waals surface area contributed by atoms with Gasteiger partial charge in [0.1, 0.15) is 0 Å². The van der Waals surface area contributed by atoms with E-state index in [0.29, 0.717) is 37.7 Å². The molecule has 0 N–H and O–H groups in total. The van der Waals surface area contributed by atoms with Crippen LogP contribution in [0.3, 0.4) is 0 Å². The minimum atomic E-state index is -3.55. The lowest BCUT2D eigenvalue weighted by molar-refractivity contribution is 0.0698. The van der Waals surface area contributed by atoms with Crippen molar-refractivity contribution in [2.24, 2.45) is 0 Å². The molecule has 1 amide bonds. The molecule has 1 fully saturated rings. The highest BCUT2D eigenvalue weighted by Crippen LogP contribution is 2.22. The van der Waals surface area contributed by atoms with Gasteiger partial charge in [-0.05, 0) is 41.8 Å².